The van der Waals surface area contributed by atoms with Crippen LogP contribution in [0.1, 0.15) is 51.3 Å². The summed E-state index contributed by atoms with van der Waals surface area (Å²) in [6.07, 6.45) is 7.34. The summed E-state index contributed by atoms with van der Waals surface area (Å²) >= 11 is 0. The van der Waals surface area contributed by atoms with E-state index in [-0.39, 0.29) is 6.61 Å². The number of aryl methyl sites for hydroxylation is 1. The van der Waals surface area contributed by atoms with E-state index in [9.17, 15) is 5.11 Å². The Hall–Kier alpha value is -1.36. The second kappa shape index (κ2) is 8.17. The predicted octanol–water partition coefficient (Wildman–Crippen LogP) is 2.74. The number of aliphatic hydroxyl groups is 1. The molecule has 0 saturated heterocycles. The normalized spacial score (nSPS) is 16.0. The first-order valence-corrected chi connectivity index (χ1v) is 8.21. The van der Waals surface area contributed by atoms with Crippen LogP contribution < -0.4 is 10.2 Å². The van der Waals surface area contributed by atoms with Gasteiger partial charge in [0.25, 0.3) is 0 Å². The maximum atomic E-state index is 9.41. The molecule has 0 atom stereocenters. The molecule has 5 heteroatoms. The standard InChI is InChI=1S/C16H28N4O/c1-3-9-17-15-12-16(19-13(2)18-15)20(10-11-21)14-7-5-4-6-8-14/h12,14,21H,3-11H2,1-2H3,(H,17,18,19). The first-order chi connectivity index (χ1) is 10.2. The topological polar surface area (TPSA) is 61.3 Å². The Balaban J connectivity index is 2.19. The number of rotatable bonds is 7. The van der Waals surface area contributed by atoms with Crippen molar-refractivity contribution >= 4 is 11.6 Å². The van der Waals surface area contributed by atoms with Gasteiger partial charge in [0.2, 0.25) is 0 Å². The number of anilines is 2. The summed E-state index contributed by atoms with van der Waals surface area (Å²) in [5.74, 6) is 2.62. The van der Waals surface area contributed by atoms with Crippen LogP contribution in [-0.4, -0.2) is 40.8 Å². The highest BCUT2D eigenvalue weighted by Crippen LogP contribution is 2.27. The molecule has 1 aromatic heterocycles. The molecular weight excluding hydrogens is 264 g/mol. The smallest absolute Gasteiger partial charge is 0.134 e. The van der Waals surface area contributed by atoms with Gasteiger partial charge in [-0.05, 0) is 26.2 Å². The molecule has 5 nitrogen and oxygen atoms in total. The third-order valence-electron chi connectivity index (χ3n) is 4.03. The fourth-order valence-electron chi connectivity index (χ4n) is 3.03. The van der Waals surface area contributed by atoms with Crippen molar-refractivity contribution in [2.75, 3.05) is 29.9 Å². The summed E-state index contributed by atoms with van der Waals surface area (Å²) in [4.78, 5) is 11.3. The highest BCUT2D eigenvalue weighted by atomic mass is 16.3. The Morgan fingerprint density at radius 2 is 2.05 bits per heavy atom. The Kier molecular flexibility index (Phi) is 6.23. The van der Waals surface area contributed by atoms with Gasteiger partial charge >= 0.3 is 0 Å². The number of nitrogens with zero attached hydrogens (tertiary/aromatic N) is 3. The molecular formula is C16H28N4O. The van der Waals surface area contributed by atoms with Crippen LogP contribution >= 0.6 is 0 Å². The third-order valence-corrected chi connectivity index (χ3v) is 4.03. The molecule has 1 heterocycles. The molecule has 118 valence electrons. The lowest BCUT2D eigenvalue weighted by atomic mass is 9.94. The van der Waals surface area contributed by atoms with Crippen molar-refractivity contribution in [2.45, 2.75) is 58.4 Å². The number of aromatic nitrogens is 2. The van der Waals surface area contributed by atoms with Gasteiger partial charge in [-0.15, -0.1) is 0 Å². The zero-order valence-electron chi connectivity index (χ0n) is 13.3. The van der Waals surface area contributed by atoms with Gasteiger partial charge in [0, 0.05) is 25.2 Å². The second-order valence-corrected chi connectivity index (χ2v) is 5.79. The molecule has 1 aliphatic rings. The van der Waals surface area contributed by atoms with Gasteiger partial charge in [0.15, 0.2) is 0 Å². The maximum absolute atomic E-state index is 9.41. The van der Waals surface area contributed by atoms with E-state index in [4.69, 9.17) is 0 Å². The van der Waals surface area contributed by atoms with Gasteiger partial charge < -0.3 is 15.3 Å². The van der Waals surface area contributed by atoms with E-state index in [1.54, 1.807) is 0 Å². The molecule has 0 radical (unpaired) electrons. The van der Waals surface area contributed by atoms with Crippen molar-refractivity contribution in [3.05, 3.63) is 11.9 Å². The highest BCUT2D eigenvalue weighted by Gasteiger charge is 2.22. The number of nitrogens with one attached hydrogen (secondary N) is 1. The lowest BCUT2D eigenvalue weighted by molar-refractivity contribution is 0.289. The van der Waals surface area contributed by atoms with E-state index in [2.05, 4.69) is 27.1 Å². The van der Waals surface area contributed by atoms with E-state index in [0.29, 0.717) is 12.6 Å². The van der Waals surface area contributed by atoms with Crippen LogP contribution in [0, 0.1) is 6.92 Å². The summed E-state index contributed by atoms with van der Waals surface area (Å²) in [5.41, 5.74) is 0. The lowest BCUT2D eigenvalue weighted by Crippen LogP contribution is -2.39. The Morgan fingerprint density at radius 3 is 2.71 bits per heavy atom. The molecule has 0 aromatic carbocycles. The van der Waals surface area contributed by atoms with Gasteiger partial charge in [-0.2, -0.15) is 0 Å². The number of hydrogen-bond acceptors (Lipinski definition) is 5. The van der Waals surface area contributed by atoms with Crippen LogP contribution in [-0.2, 0) is 0 Å². The summed E-state index contributed by atoms with van der Waals surface area (Å²) in [5, 5.41) is 12.7. The SMILES string of the molecule is CCCNc1cc(N(CCO)C2CCCCC2)nc(C)n1. The van der Waals surface area contributed by atoms with Gasteiger partial charge in [0.1, 0.15) is 17.5 Å². The van der Waals surface area contributed by atoms with Crippen LogP contribution in [0.3, 0.4) is 0 Å². The van der Waals surface area contributed by atoms with Crippen LogP contribution in [0.5, 0.6) is 0 Å². The van der Waals surface area contributed by atoms with Crippen LogP contribution in [0.25, 0.3) is 0 Å². The van der Waals surface area contributed by atoms with Crippen molar-refractivity contribution in [3.8, 4) is 0 Å². The minimum Gasteiger partial charge on any atom is -0.395 e. The summed E-state index contributed by atoms with van der Waals surface area (Å²) < 4.78 is 0. The monoisotopic (exact) mass is 292 g/mol. The van der Waals surface area contributed by atoms with Crippen molar-refractivity contribution in [3.63, 3.8) is 0 Å². The quantitative estimate of drug-likeness (QED) is 0.809. The first kappa shape index (κ1) is 16.0. The van der Waals surface area contributed by atoms with Crippen LogP contribution in [0.4, 0.5) is 11.6 Å². The minimum atomic E-state index is 0.164. The molecule has 1 fully saturated rings. The Bertz CT molecular complexity index is 432. The maximum Gasteiger partial charge on any atom is 0.134 e. The van der Waals surface area contributed by atoms with Crippen molar-refractivity contribution in [1.82, 2.24) is 9.97 Å². The molecule has 0 unspecified atom stereocenters. The molecule has 1 aliphatic carbocycles. The van der Waals surface area contributed by atoms with E-state index in [0.717, 1.165) is 30.4 Å². The molecule has 1 aromatic rings. The van der Waals surface area contributed by atoms with E-state index in [1.165, 1.54) is 32.1 Å². The fourth-order valence-corrected chi connectivity index (χ4v) is 3.03. The zero-order valence-corrected chi connectivity index (χ0v) is 13.3. The van der Waals surface area contributed by atoms with Crippen molar-refractivity contribution in [1.29, 1.82) is 0 Å². The highest BCUT2D eigenvalue weighted by molar-refractivity contribution is 5.50. The summed E-state index contributed by atoms with van der Waals surface area (Å²) in [6, 6.07) is 2.52. The molecule has 0 aliphatic heterocycles. The fraction of sp³-hybridized carbons (Fsp3) is 0.750. The zero-order chi connectivity index (χ0) is 15.1. The Morgan fingerprint density at radius 1 is 1.29 bits per heavy atom. The van der Waals surface area contributed by atoms with E-state index < -0.39 is 0 Å². The second-order valence-electron chi connectivity index (χ2n) is 5.79. The van der Waals surface area contributed by atoms with Crippen molar-refractivity contribution < 1.29 is 5.11 Å². The molecule has 1 saturated carbocycles. The van der Waals surface area contributed by atoms with E-state index in [1.807, 2.05) is 13.0 Å². The van der Waals surface area contributed by atoms with Gasteiger partial charge in [-0.25, -0.2) is 9.97 Å². The third kappa shape index (κ3) is 4.56. The molecule has 0 amide bonds. The largest absolute Gasteiger partial charge is 0.395 e. The Labute approximate surface area is 127 Å². The molecule has 0 spiro atoms. The van der Waals surface area contributed by atoms with Gasteiger partial charge in [-0.1, -0.05) is 26.2 Å². The van der Waals surface area contributed by atoms with E-state index >= 15 is 0 Å². The number of hydrogen-bond donors (Lipinski definition) is 2. The lowest BCUT2D eigenvalue weighted by Gasteiger charge is -2.35. The first-order valence-electron chi connectivity index (χ1n) is 8.21. The predicted molar refractivity (Wildman–Crippen MR) is 86.9 cm³/mol. The number of aliphatic hydroxyl groups excluding tert-OH is 1. The van der Waals surface area contributed by atoms with Crippen LogP contribution in [0.15, 0.2) is 6.07 Å². The van der Waals surface area contributed by atoms with Crippen molar-refractivity contribution in [2.24, 2.45) is 0 Å². The minimum absolute atomic E-state index is 0.164. The van der Waals surface area contributed by atoms with Gasteiger partial charge in [0.05, 0.1) is 6.61 Å². The molecule has 2 N–H and O–H groups in total. The van der Waals surface area contributed by atoms with Gasteiger partial charge in [-0.3, -0.25) is 0 Å². The van der Waals surface area contributed by atoms with Crippen LogP contribution in [0.2, 0.25) is 0 Å². The molecule has 2 rings (SSSR count). The summed E-state index contributed by atoms with van der Waals surface area (Å²) in [7, 11) is 0. The average Bonchev–Trinajstić information content (AvgIpc) is 2.51. The molecule has 0 bridgehead atoms. The summed E-state index contributed by atoms with van der Waals surface area (Å²) in [6.45, 7) is 5.80. The molecule has 21 heavy (non-hydrogen) atoms. The average molecular weight is 292 g/mol.